The fraction of sp³-hybridized carbons (Fsp3) is 0.538. The van der Waals surface area contributed by atoms with E-state index in [1.54, 1.807) is 12.1 Å². The topological polar surface area (TPSA) is 41.3 Å². The van der Waals surface area contributed by atoms with Crippen LogP contribution in [0.1, 0.15) is 5.56 Å². The molecule has 0 aliphatic carbocycles. The molecule has 0 radical (unpaired) electrons. The van der Waals surface area contributed by atoms with Crippen LogP contribution in [0.3, 0.4) is 0 Å². The van der Waals surface area contributed by atoms with Crippen molar-refractivity contribution in [3.05, 3.63) is 34.6 Å². The molecule has 1 aromatic rings. The Balaban J connectivity index is 2.07. The van der Waals surface area contributed by atoms with Gasteiger partial charge in [-0.3, -0.25) is 11.3 Å². The second kappa shape index (κ2) is 6.90. The van der Waals surface area contributed by atoms with Gasteiger partial charge >= 0.3 is 0 Å². The fourth-order valence-electron chi connectivity index (χ4n) is 2.36. The molecule has 0 saturated carbocycles. The standard InChI is InChI=1S/C13H19ClFN3S/c1-18-4-5-19-8-13(18)12(17-16)7-9-2-3-11(15)10(14)6-9/h2-3,6,12-13,17H,4-5,7-8,16H2,1H3. The third-order valence-electron chi connectivity index (χ3n) is 3.56. The molecule has 1 heterocycles. The molecule has 3 N–H and O–H groups in total. The summed E-state index contributed by atoms with van der Waals surface area (Å²) in [7, 11) is 2.12. The lowest BCUT2D eigenvalue weighted by atomic mass is 10.00. The van der Waals surface area contributed by atoms with Crippen LogP contribution in [0, 0.1) is 5.82 Å². The third kappa shape index (κ3) is 3.83. The molecule has 1 fully saturated rings. The van der Waals surface area contributed by atoms with Crippen LogP contribution in [0.2, 0.25) is 5.02 Å². The summed E-state index contributed by atoms with van der Waals surface area (Å²) in [6.07, 6.45) is 0.742. The van der Waals surface area contributed by atoms with Crippen molar-refractivity contribution in [1.82, 2.24) is 10.3 Å². The molecule has 106 valence electrons. The van der Waals surface area contributed by atoms with Gasteiger partial charge in [0.15, 0.2) is 0 Å². The predicted molar refractivity (Wildman–Crippen MR) is 80.0 cm³/mol. The first-order valence-electron chi connectivity index (χ1n) is 6.30. The van der Waals surface area contributed by atoms with Crippen molar-refractivity contribution in [3.8, 4) is 0 Å². The second-order valence-corrected chi connectivity index (χ2v) is 6.41. The smallest absolute Gasteiger partial charge is 0.141 e. The minimum atomic E-state index is -0.381. The first kappa shape index (κ1) is 15.1. The number of likely N-dealkylation sites (N-methyl/N-ethyl adjacent to an activating group) is 1. The van der Waals surface area contributed by atoms with E-state index in [1.807, 2.05) is 11.8 Å². The van der Waals surface area contributed by atoms with Crippen molar-refractivity contribution >= 4 is 23.4 Å². The molecule has 19 heavy (non-hydrogen) atoms. The maximum absolute atomic E-state index is 13.2. The van der Waals surface area contributed by atoms with E-state index >= 15 is 0 Å². The Kier molecular flexibility index (Phi) is 5.47. The summed E-state index contributed by atoms with van der Waals surface area (Å²) in [5, 5.41) is 0.166. The SMILES string of the molecule is CN1CCSCC1C(Cc1ccc(F)c(Cl)c1)NN. The summed E-state index contributed by atoms with van der Waals surface area (Å²) in [5.41, 5.74) is 3.89. The van der Waals surface area contributed by atoms with Crippen molar-refractivity contribution < 1.29 is 4.39 Å². The average Bonchev–Trinajstić information content (AvgIpc) is 2.41. The summed E-state index contributed by atoms with van der Waals surface area (Å²) in [5.74, 6) is 7.52. The van der Waals surface area contributed by atoms with Crippen LogP contribution in [0.4, 0.5) is 4.39 Å². The van der Waals surface area contributed by atoms with Crippen LogP contribution in [-0.2, 0) is 6.42 Å². The minimum Gasteiger partial charge on any atom is -0.300 e. The van der Waals surface area contributed by atoms with Gasteiger partial charge in [0.05, 0.1) is 5.02 Å². The van der Waals surface area contributed by atoms with E-state index in [0.717, 1.165) is 30.0 Å². The highest BCUT2D eigenvalue weighted by Crippen LogP contribution is 2.21. The van der Waals surface area contributed by atoms with E-state index in [4.69, 9.17) is 17.4 Å². The fourth-order valence-corrected chi connectivity index (χ4v) is 3.87. The zero-order valence-corrected chi connectivity index (χ0v) is 12.5. The van der Waals surface area contributed by atoms with E-state index < -0.39 is 0 Å². The average molecular weight is 304 g/mol. The molecule has 0 amide bonds. The highest BCUT2D eigenvalue weighted by Gasteiger charge is 2.27. The largest absolute Gasteiger partial charge is 0.300 e. The van der Waals surface area contributed by atoms with Crippen molar-refractivity contribution in [2.45, 2.75) is 18.5 Å². The van der Waals surface area contributed by atoms with E-state index in [9.17, 15) is 4.39 Å². The van der Waals surface area contributed by atoms with E-state index in [1.165, 1.54) is 6.07 Å². The third-order valence-corrected chi connectivity index (χ3v) is 4.90. The van der Waals surface area contributed by atoms with Gasteiger partial charge in [0.1, 0.15) is 5.82 Å². The molecular formula is C13H19ClFN3S. The molecule has 1 saturated heterocycles. The number of nitrogens with zero attached hydrogens (tertiary/aromatic N) is 1. The van der Waals surface area contributed by atoms with Gasteiger partial charge in [0.25, 0.3) is 0 Å². The Hall–Kier alpha value is -0.330. The molecule has 0 bridgehead atoms. The Morgan fingerprint density at radius 3 is 3.05 bits per heavy atom. The summed E-state index contributed by atoms with van der Waals surface area (Å²) < 4.78 is 13.2. The number of thioether (sulfide) groups is 1. The van der Waals surface area contributed by atoms with Gasteiger partial charge in [0.2, 0.25) is 0 Å². The maximum atomic E-state index is 13.2. The van der Waals surface area contributed by atoms with Crippen LogP contribution < -0.4 is 11.3 Å². The van der Waals surface area contributed by atoms with E-state index in [0.29, 0.717) is 6.04 Å². The van der Waals surface area contributed by atoms with Crippen molar-refractivity contribution in [2.75, 3.05) is 25.1 Å². The number of rotatable bonds is 4. The summed E-state index contributed by atoms with van der Waals surface area (Å²) in [6, 6.07) is 5.37. The predicted octanol–water partition coefficient (Wildman–Crippen LogP) is 1.90. The zero-order chi connectivity index (χ0) is 13.8. The van der Waals surface area contributed by atoms with E-state index in [2.05, 4.69) is 17.4 Å². The lowest BCUT2D eigenvalue weighted by molar-refractivity contribution is 0.214. The van der Waals surface area contributed by atoms with Crippen molar-refractivity contribution in [2.24, 2.45) is 5.84 Å². The highest BCUT2D eigenvalue weighted by molar-refractivity contribution is 7.99. The zero-order valence-electron chi connectivity index (χ0n) is 10.9. The van der Waals surface area contributed by atoms with Gasteiger partial charge in [0, 0.05) is 30.1 Å². The molecular weight excluding hydrogens is 285 g/mol. The number of nitrogens with two attached hydrogens (primary N) is 1. The number of hydrogen-bond acceptors (Lipinski definition) is 4. The first-order chi connectivity index (χ1) is 9.11. The van der Waals surface area contributed by atoms with Crippen LogP contribution in [0.15, 0.2) is 18.2 Å². The Morgan fingerprint density at radius 1 is 1.63 bits per heavy atom. The molecule has 2 atom stereocenters. The van der Waals surface area contributed by atoms with Crippen LogP contribution in [-0.4, -0.2) is 42.1 Å². The molecule has 1 aliphatic heterocycles. The summed E-state index contributed by atoms with van der Waals surface area (Å²) in [4.78, 5) is 2.33. The van der Waals surface area contributed by atoms with Crippen LogP contribution in [0.5, 0.6) is 0 Å². The minimum absolute atomic E-state index is 0.138. The first-order valence-corrected chi connectivity index (χ1v) is 7.83. The molecule has 2 unspecified atom stereocenters. The number of benzene rings is 1. The van der Waals surface area contributed by atoms with Crippen LogP contribution in [0.25, 0.3) is 0 Å². The number of hydrogen-bond donors (Lipinski definition) is 2. The summed E-state index contributed by atoms with van der Waals surface area (Å²) in [6.45, 7) is 1.07. The second-order valence-electron chi connectivity index (χ2n) is 4.85. The molecule has 1 aromatic carbocycles. The number of halogens is 2. The van der Waals surface area contributed by atoms with E-state index in [-0.39, 0.29) is 16.9 Å². The van der Waals surface area contributed by atoms with Gasteiger partial charge in [-0.2, -0.15) is 11.8 Å². The lowest BCUT2D eigenvalue weighted by Crippen LogP contribution is -2.55. The normalized spacial score (nSPS) is 22.4. The molecule has 3 nitrogen and oxygen atoms in total. The molecule has 0 spiro atoms. The van der Waals surface area contributed by atoms with Crippen molar-refractivity contribution in [1.29, 1.82) is 0 Å². The van der Waals surface area contributed by atoms with Gasteiger partial charge in [-0.25, -0.2) is 4.39 Å². The molecule has 0 aromatic heterocycles. The lowest BCUT2D eigenvalue weighted by Gasteiger charge is -2.37. The maximum Gasteiger partial charge on any atom is 0.141 e. The molecule has 6 heteroatoms. The Labute approximate surface area is 122 Å². The van der Waals surface area contributed by atoms with Gasteiger partial charge in [-0.1, -0.05) is 17.7 Å². The Morgan fingerprint density at radius 2 is 2.42 bits per heavy atom. The van der Waals surface area contributed by atoms with Gasteiger partial charge in [-0.15, -0.1) is 0 Å². The van der Waals surface area contributed by atoms with Crippen molar-refractivity contribution in [3.63, 3.8) is 0 Å². The quantitative estimate of drug-likeness (QED) is 0.658. The number of hydrazine groups is 1. The Bertz CT molecular complexity index is 432. The molecule has 2 rings (SSSR count). The molecule has 1 aliphatic rings. The van der Waals surface area contributed by atoms with Gasteiger partial charge < -0.3 is 4.90 Å². The highest BCUT2D eigenvalue weighted by atomic mass is 35.5. The van der Waals surface area contributed by atoms with Crippen LogP contribution >= 0.6 is 23.4 Å². The van der Waals surface area contributed by atoms with Gasteiger partial charge in [-0.05, 0) is 31.2 Å². The number of nitrogens with one attached hydrogen (secondary N) is 1. The summed E-state index contributed by atoms with van der Waals surface area (Å²) >= 11 is 7.76. The monoisotopic (exact) mass is 303 g/mol.